The maximum absolute atomic E-state index is 8.52. The first-order valence-corrected chi connectivity index (χ1v) is 5.40. The number of aromatic nitrogens is 4. The van der Waals surface area contributed by atoms with Crippen LogP contribution in [0.4, 0.5) is 0 Å². The average Bonchev–Trinajstić information content (AvgIpc) is 2.78. The molecule has 0 aliphatic rings. The Morgan fingerprint density at radius 3 is 2.94 bits per heavy atom. The summed E-state index contributed by atoms with van der Waals surface area (Å²) in [5.41, 5.74) is 2.89. The van der Waals surface area contributed by atoms with Gasteiger partial charge in [-0.25, -0.2) is 9.97 Å². The average molecular weight is 227 g/mol. The Hall–Kier alpha value is -2.22. The molecule has 2 heterocycles. The Morgan fingerprint density at radius 2 is 2.18 bits per heavy atom. The van der Waals surface area contributed by atoms with Crippen LogP contribution in [0.2, 0.25) is 0 Å². The molecule has 0 aliphatic carbocycles. The fraction of sp³-hybridized carbons (Fsp3) is 0.333. The molecule has 0 spiro atoms. The van der Waals surface area contributed by atoms with E-state index in [0.717, 1.165) is 22.6 Å². The second-order valence-electron chi connectivity index (χ2n) is 3.85. The van der Waals surface area contributed by atoms with Crippen molar-refractivity contribution in [3.8, 4) is 17.3 Å². The number of hydrogen-bond donors (Lipinski definition) is 0. The summed E-state index contributed by atoms with van der Waals surface area (Å²) in [5.74, 6) is 0.746. The lowest BCUT2D eigenvalue weighted by atomic mass is 10.1. The lowest BCUT2D eigenvalue weighted by Crippen LogP contribution is -1.96. The highest BCUT2D eigenvalue weighted by Gasteiger charge is 2.07. The number of aryl methyl sites for hydroxylation is 3. The van der Waals surface area contributed by atoms with Gasteiger partial charge in [0.25, 0.3) is 0 Å². The van der Waals surface area contributed by atoms with Crippen LogP contribution in [0.1, 0.15) is 17.8 Å². The second kappa shape index (κ2) is 4.74. The van der Waals surface area contributed by atoms with Crippen molar-refractivity contribution in [1.82, 2.24) is 19.7 Å². The number of rotatable bonds is 3. The van der Waals surface area contributed by atoms with Gasteiger partial charge in [0.05, 0.1) is 30.9 Å². The molecule has 0 radical (unpaired) electrons. The van der Waals surface area contributed by atoms with Crippen LogP contribution in [0.5, 0.6) is 0 Å². The van der Waals surface area contributed by atoms with Gasteiger partial charge in [-0.05, 0) is 19.4 Å². The lowest BCUT2D eigenvalue weighted by Gasteiger charge is -2.02. The second-order valence-corrected chi connectivity index (χ2v) is 3.85. The molecule has 0 saturated heterocycles. The highest BCUT2D eigenvalue weighted by molar-refractivity contribution is 5.60. The molecule has 0 aromatic carbocycles. The van der Waals surface area contributed by atoms with Gasteiger partial charge >= 0.3 is 0 Å². The Kier molecular flexibility index (Phi) is 3.15. The van der Waals surface area contributed by atoms with E-state index in [4.69, 9.17) is 5.26 Å². The van der Waals surface area contributed by atoms with Crippen molar-refractivity contribution in [3.63, 3.8) is 0 Å². The largest absolute Gasteiger partial charge is 0.271 e. The molecule has 0 amide bonds. The first-order valence-electron chi connectivity index (χ1n) is 5.40. The predicted octanol–water partition coefficient (Wildman–Crippen LogP) is 1.87. The van der Waals surface area contributed by atoms with E-state index in [0.29, 0.717) is 13.0 Å². The van der Waals surface area contributed by atoms with Crippen LogP contribution in [0.25, 0.3) is 11.3 Å². The molecule has 0 fully saturated rings. The summed E-state index contributed by atoms with van der Waals surface area (Å²) in [7, 11) is 0. The lowest BCUT2D eigenvalue weighted by molar-refractivity contribution is 0.628. The summed E-state index contributed by atoms with van der Waals surface area (Å²) in [6.07, 6.45) is 5.95. The number of hydrogen-bond acceptors (Lipinski definition) is 4. The zero-order chi connectivity index (χ0) is 12.3. The highest BCUT2D eigenvalue weighted by Crippen LogP contribution is 2.19. The molecule has 0 saturated carbocycles. The Balaban J connectivity index is 2.30. The van der Waals surface area contributed by atoms with Gasteiger partial charge < -0.3 is 0 Å². The summed E-state index contributed by atoms with van der Waals surface area (Å²) in [6, 6.07) is 2.10. The van der Waals surface area contributed by atoms with Gasteiger partial charge in [-0.2, -0.15) is 10.4 Å². The van der Waals surface area contributed by atoms with Gasteiger partial charge in [-0.3, -0.25) is 4.68 Å². The third-order valence-electron chi connectivity index (χ3n) is 2.45. The molecule has 0 bridgehead atoms. The smallest absolute Gasteiger partial charge is 0.125 e. The monoisotopic (exact) mass is 227 g/mol. The van der Waals surface area contributed by atoms with Gasteiger partial charge in [0, 0.05) is 18.0 Å². The van der Waals surface area contributed by atoms with Gasteiger partial charge in [-0.1, -0.05) is 0 Å². The van der Waals surface area contributed by atoms with Crippen molar-refractivity contribution < 1.29 is 0 Å². The van der Waals surface area contributed by atoms with Crippen LogP contribution in [-0.4, -0.2) is 19.7 Å². The van der Waals surface area contributed by atoms with Gasteiger partial charge in [0.15, 0.2) is 0 Å². The van der Waals surface area contributed by atoms with Crippen molar-refractivity contribution in [2.75, 3.05) is 0 Å². The van der Waals surface area contributed by atoms with Crippen LogP contribution in [-0.2, 0) is 6.54 Å². The standard InChI is InChI=1S/C12H13N5/c1-9-6-14-10(2)16-12(9)11-7-15-17(8-11)5-3-4-13/h6-8H,3,5H2,1-2H3. The Labute approximate surface area is 99.8 Å². The van der Waals surface area contributed by atoms with E-state index in [1.54, 1.807) is 10.9 Å². The maximum Gasteiger partial charge on any atom is 0.125 e. The normalized spacial score (nSPS) is 10.2. The summed E-state index contributed by atoms with van der Waals surface area (Å²) in [4.78, 5) is 8.55. The maximum atomic E-state index is 8.52. The van der Waals surface area contributed by atoms with E-state index in [1.807, 2.05) is 26.2 Å². The molecule has 0 atom stereocenters. The molecule has 5 nitrogen and oxygen atoms in total. The third kappa shape index (κ3) is 2.48. The molecule has 2 aromatic heterocycles. The van der Waals surface area contributed by atoms with Crippen molar-refractivity contribution in [2.24, 2.45) is 0 Å². The van der Waals surface area contributed by atoms with Crippen molar-refractivity contribution >= 4 is 0 Å². The minimum absolute atomic E-state index is 0.461. The molecular formula is C12H13N5. The molecule has 0 N–H and O–H groups in total. The van der Waals surface area contributed by atoms with E-state index in [9.17, 15) is 0 Å². The van der Waals surface area contributed by atoms with Crippen molar-refractivity contribution in [2.45, 2.75) is 26.8 Å². The fourth-order valence-electron chi connectivity index (χ4n) is 1.60. The molecular weight excluding hydrogens is 214 g/mol. The zero-order valence-electron chi connectivity index (χ0n) is 9.88. The molecule has 86 valence electrons. The summed E-state index contributed by atoms with van der Waals surface area (Å²) >= 11 is 0. The molecule has 17 heavy (non-hydrogen) atoms. The summed E-state index contributed by atoms with van der Waals surface area (Å²) in [6.45, 7) is 4.45. The molecule has 2 rings (SSSR count). The van der Waals surface area contributed by atoms with Crippen LogP contribution >= 0.6 is 0 Å². The minimum atomic E-state index is 0.461. The van der Waals surface area contributed by atoms with Crippen LogP contribution in [0.3, 0.4) is 0 Å². The van der Waals surface area contributed by atoms with Crippen LogP contribution in [0, 0.1) is 25.2 Å². The topological polar surface area (TPSA) is 67.4 Å². The van der Waals surface area contributed by atoms with E-state index in [1.165, 1.54) is 0 Å². The molecule has 0 aliphatic heterocycles. The quantitative estimate of drug-likeness (QED) is 0.802. The molecule has 5 heteroatoms. The van der Waals surface area contributed by atoms with Crippen molar-refractivity contribution in [3.05, 3.63) is 30.0 Å². The first-order chi connectivity index (χ1) is 8.20. The van der Waals surface area contributed by atoms with Gasteiger partial charge in [0.1, 0.15) is 5.82 Å². The van der Waals surface area contributed by atoms with Gasteiger partial charge in [0.2, 0.25) is 0 Å². The SMILES string of the molecule is Cc1ncc(C)c(-c2cnn(CCC#N)c2)n1. The van der Waals surface area contributed by atoms with Crippen molar-refractivity contribution in [1.29, 1.82) is 5.26 Å². The van der Waals surface area contributed by atoms with E-state index in [-0.39, 0.29) is 0 Å². The van der Waals surface area contributed by atoms with E-state index >= 15 is 0 Å². The van der Waals surface area contributed by atoms with Crippen LogP contribution < -0.4 is 0 Å². The minimum Gasteiger partial charge on any atom is -0.271 e. The Bertz CT molecular complexity index is 565. The molecule has 0 unspecified atom stereocenters. The third-order valence-corrected chi connectivity index (χ3v) is 2.45. The van der Waals surface area contributed by atoms with Gasteiger partial charge in [-0.15, -0.1) is 0 Å². The summed E-state index contributed by atoms with van der Waals surface area (Å²) < 4.78 is 1.76. The zero-order valence-corrected chi connectivity index (χ0v) is 9.88. The fourth-order valence-corrected chi connectivity index (χ4v) is 1.60. The van der Waals surface area contributed by atoms with Crippen LogP contribution in [0.15, 0.2) is 18.6 Å². The Morgan fingerprint density at radius 1 is 1.35 bits per heavy atom. The van der Waals surface area contributed by atoms with E-state index in [2.05, 4.69) is 21.1 Å². The first kappa shape index (κ1) is 11.3. The predicted molar refractivity (Wildman–Crippen MR) is 63.0 cm³/mol. The highest BCUT2D eigenvalue weighted by atomic mass is 15.3. The molecule has 2 aromatic rings. The number of nitriles is 1. The number of nitrogens with zero attached hydrogens (tertiary/aromatic N) is 5. The summed E-state index contributed by atoms with van der Waals surface area (Å²) in [5, 5.41) is 12.7. The van der Waals surface area contributed by atoms with E-state index < -0.39 is 0 Å².